The van der Waals surface area contributed by atoms with E-state index in [4.69, 9.17) is 4.74 Å². The summed E-state index contributed by atoms with van der Waals surface area (Å²) in [5.41, 5.74) is 5.52. The first-order valence-corrected chi connectivity index (χ1v) is 4.47. The Balaban J connectivity index is 3.55. The monoisotopic (exact) mass is 188 g/mol. The average Bonchev–Trinajstić information content (AvgIpc) is 2.10. The molecule has 0 saturated carbocycles. The van der Waals surface area contributed by atoms with Gasteiger partial charge in [0.1, 0.15) is 0 Å². The first kappa shape index (κ1) is 11.9. The Bertz CT molecular complexity index is 176. The third-order valence-electron chi connectivity index (χ3n) is 1.25. The van der Waals surface area contributed by atoms with Gasteiger partial charge in [0.15, 0.2) is 6.73 Å². The molecule has 0 aromatic heterocycles. The fourth-order valence-corrected chi connectivity index (χ4v) is 0.613. The zero-order chi connectivity index (χ0) is 10.1. The molecule has 13 heavy (non-hydrogen) atoms. The number of ether oxygens (including phenoxy) is 1. The minimum absolute atomic E-state index is 0.146. The van der Waals surface area contributed by atoms with Crippen LogP contribution in [-0.2, 0) is 9.53 Å². The number of carbonyl (C=O) groups excluding carboxylic acids is 1. The second-order valence-corrected chi connectivity index (χ2v) is 2.85. The van der Waals surface area contributed by atoms with Crippen LogP contribution < -0.4 is 10.9 Å². The lowest BCUT2D eigenvalue weighted by Crippen LogP contribution is -2.41. The van der Waals surface area contributed by atoms with E-state index in [1.165, 1.54) is 0 Å². The van der Waals surface area contributed by atoms with Gasteiger partial charge in [0.25, 0.3) is 0 Å². The van der Waals surface area contributed by atoms with Gasteiger partial charge in [-0.15, -0.1) is 5.43 Å². The number of rotatable bonds is 7. The molecule has 0 unspecified atom stereocenters. The maximum atomic E-state index is 10.3. The van der Waals surface area contributed by atoms with Crippen molar-refractivity contribution in [3.8, 4) is 0 Å². The van der Waals surface area contributed by atoms with Gasteiger partial charge in [0.05, 0.1) is 17.4 Å². The van der Waals surface area contributed by atoms with E-state index in [9.17, 15) is 4.79 Å². The van der Waals surface area contributed by atoms with Gasteiger partial charge in [-0.3, -0.25) is 0 Å². The van der Waals surface area contributed by atoms with Gasteiger partial charge in [-0.05, 0) is 20.3 Å². The molecule has 76 valence electrons. The van der Waals surface area contributed by atoms with Crippen LogP contribution in [0, 0.1) is 0 Å². The van der Waals surface area contributed by atoms with Gasteiger partial charge in [0.2, 0.25) is 0 Å². The smallest absolute Gasteiger partial charge is 0.353 e. The van der Waals surface area contributed by atoms with E-state index >= 15 is 0 Å². The highest BCUT2D eigenvalue weighted by atomic mass is 16.5. The maximum Gasteiger partial charge on any atom is 0.488 e. The summed E-state index contributed by atoms with van der Waals surface area (Å²) in [7, 11) is 0. The van der Waals surface area contributed by atoms with E-state index in [0.29, 0.717) is 6.73 Å². The molecule has 0 rings (SSSR count). The molecule has 0 aliphatic rings. The van der Waals surface area contributed by atoms with Crippen LogP contribution in [0.2, 0.25) is 0 Å². The van der Waals surface area contributed by atoms with Crippen molar-refractivity contribution in [3.63, 3.8) is 0 Å². The largest absolute Gasteiger partial charge is 0.488 e. The fraction of sp³-hybridized carbons (Fsp3) is 0.875. The minimum Gasteiger partial charge on any atom is -0.353 e. The van der Waals surface area contributed by atoms with E-state index in [2.05, 4.69) is 10.9 Å². The molecule has 0 bridgehead atoms. The Morgan fingerprint density at radius 1 is 1.46 bits per heavy atom. The molecule has 0 saturated heterocycles. The van der Waals surface area contributed by atoms with Crippen LogP contribution in [0.1, 0.15) is 27.2 Å². The first-order valence-electron chi connectivity index (χ1n) is 4.47. The Kier molecular flexibility index (Phi) is 6.96. The summed E-state index contributed by atoms with van der Waals surface area (Å²) >= 11 is 0. The highest BCUT2D eigenvalue weighted by Gasteiger charge is 2.02. The number of hydrogen-bond donors (Lipinski definition) is 2. The second-order valence-electron chi connectivity index (χ2n) is 2.85. The van der Waals surface area contributed by atoms with Crippen LogP contribution >= 0.6 is 0 Å². The van der Waals surface area contributed by atoms with Crippen LogP contribution in [0.5, 0.6) is 0 Å². The molecule has 5 heteroatoms. The standard InChI is InChI=1S/C8H18N3O2/c1-4-5-9-11(7-12)10-6-13-8(2)3/h8-10H,4-6H2,1-3H3/q+1. The Labute approximate surface area is 78.7 Å². The normalized spacial score (nSPS) is 9.54. The van der Waals surface area contributed by atoms with Crippen molar-refractivity contribution >= 4 is 6.08 Å². The van der Waals surface area contributed by atoms with Gasteiger partial charge >= 0.3 is 6.08 Å². The van der Waals surface area contributed by atoms with Crippen LogP contribution in [0.3, 0.4) is 0 Å². The Morgan fingerprint density at radius 2 is 2.15 bits per heavy atom. The van der Waals surface area contributed by atoms with Crippen molar-refractivity contribution in [2.75, 3.05) is 13.3 Å². The average molecular weight is 188 g/mol. The Morgan fingerprint density at radius 3 is 2.62 bits per heavy atom. The molecule has 5 nitrogen and oxygen atoms in total. The SMILES string of the molecule is CCCN[N+](=C=O)NCOC(C)C. The fourth-order valence-electron chi connectivity index (χ4n) is 0.613. The summed E-state index contributed by atoms with van der Waals surface area (Å²) in [5.74, 6) is 0. The van der Waals surface area contributed by atoms with Crippen molar-refractivity contribution in [1.29, 1.82) is 0 Å². The molecule has 0 aliphatic carbocycles. The summed E-state index contributed by atoms with van der Waals surface area (Å²) in [6.07, 6.45) is 2.79. The number of hydrazine groups is 2. The van der Waals surface area contributed by atoms with Crippen molar-refractivity contribution in [2.45, 2.75) is 33.3 Å². The lowest BCUT2D eigenvalue weighted by Gasteiger charge is -2.05. The maximum absolute atomic E-state index is 10.3. The second kappa shape index (κ2) is 7.58. The number of nitrogens with zero attached hydrogens (tertiary/aromatic N) is 1. The molecule has 0 heterocycles. The lowest BCUT2D eigenvalue weighted by molar-refractivity contribution is -0.645. The molecule has 2 N–H and O–H groups in total. The number of hydrazone groups is 2. The molecule has 0 fully saturated rings. The van der Waals surface area contributed by atoms with E-state index in [1.54, 1.807) is 6.08 Å². The van der Waals surface area contributed by atoms with Crippen molar-refractivity contribution in [3.05, 3.63) is 0 Å². The molecule has 0 aromatic rings. The number of isocyanates is 1. The van der Waals surface area contributed by atoms with Crippen molar-refractivity contribution < 1.29 is 14.3 Å². The summed E-state index contributed by atoms with van der Waals surface area (Å²) in [4.78, 5) is 11.5. The van der Waals surface area contributed by atoms with Crippen LogP contribution in [0.15, 0.2) is 0 Å². The zero-order valence-corrected chi connectivity index (χ0v) is 8.46. The molecule has 0 aromatic carbocycles. The van der Waals surface area contributed by atoms with E-state index in [1.807, 2.05) is 20.8 Å². The topological polar surface area (TPSA) is 53.4 Å². The van der Waals surface area contributed by atoms with Crippen LogP contribution in [0.4, 0.5) is 0 Å². The predicted octanol–water partition coefficient (Wildman–Crippen LogP) is 0.136. The Hall–Kier alpha value is -1.06. The first-order chi connectivity index (χ1) is 6.20. The van der Waals surface area contributed by atoms with Gasteiger partial charge in [-0.25, -0.2) is 0 Å². The highest BCUT2D eigenvalue weighted by Crippen LogP contribution is 1.83. The zero-order valence-electron chi connectivity index (χ0n) is 8.46. The van der Waals surface area contributed by atoms with Gasteiger partial charge in [-0.1, -0.05) is 6.92 Å². The quantitative estimate of drug-likeness (QED) is 0.196. The highest BCUT2D eigenvalue weighted by molar-refractivity contribution is 5.24. The van der Waals surface area contributed by atoms with E-state index < -0.39 is 0 Å². The summed E-state index contributed by atoms with van der Waals surface area (Å²) in [5, 5.41) is 0. The summed E-state index contributed by atoms with van der Waals surface area (Å²) in [6, 6.07) is 0. The molecule has 0 amide bonds. The third kappa shape index (κ3) is 7.31. The summed E-state index contributed by atoms with van der Waals surface area (Å²) in [6.45, 7) is 6.89. The van der Waals surface area contributed by atoms with Gasteiger partial charge < -0.3 is 4.74 Å². The van der Waals surface area contributed by atoms with Crippen molar-refractivity contribution in [1.82, 2.24) is 10.9 Å². The molecular weight excluding hydrogens is 170 g/mol. The number of nitrogens with one attached hydrogen (secondary N) is 2. The molecular formula is C8H18N3O2+. The predicted molar refractivity (Wildman–Crippen MR) is 48.5 cm³/mol. The molecule has 0 atom stereocenters. The summed E-state index contributed by atoms with van der Waals surface area (Å²) < 4.78 is 5.18. The molecule has 0 radical (unpaired) electrons. The van der Waals surface area contributed by atoms with Gasteiger partial charge in [-0.2, -0.15) is 10.2 Å². The molecule has 0 aliphatic heterocycles. The van der Waals surface area contributed by atoms with Gasteiger partial charge in [0, 0.05) is 0 Å². The van der Waals surface area contributed by atoms with E-state index in [-0.39, 0.29) is 6.10 Å². The lowest BCUT2D eigenvalue weighted by atomic mass is 10.5. The van der Waals surface area contributed by atoms with Crippen LogP contribution in [-0.4, -0.2) is 30.3 Å². The molecule has 0 spiro atoms. The number of hydrogen-bond acceptors (Lipinski definition) is 4. The van der Waals surface area contributed by atoms with Crippen LogP contribution in [0.25, 0.3) is 0 Å². The van der Waals surface area contributed by atoms with Crippen molar-refractivity contribution in [2.24, 2.45) is 0 Å². The minimum atomic E-state index is 0.146. The third-order valence-corrected chi connectivity index (χ3v) is 1.25. The van der Waals surface area contributed by atoms with E-state index in [0.717, 1.165) is 17.8 Å².